The first kappa shape index (κ1) is 29.5. The molecular formula is C30H42O6. The Morgan fingerprint density at radius 3 is 1.44 bits per heavy atom. The molecule has 0 saturated carbocycles. The van der Waals surface area contributed by atoms with Gasteiger partial charge in [0.1, 0.15) is 0 Å². The van der Waals surface area contributed by atoms with Crippen molar-refractivity contribution in [2.75, 3.05) is 0 Å². The summed E-state index contributed by atoms with van der Waals surface area (Å²) in [7, 11) is 0. The standard InChI is InChI=1S/C30H42O6/c1-5-8-10-12-24-14-18-26(19-15-24)29(31)35-33-28(22-23(4)7-3)34-36-30(32)27-20-16-25(17-21-27)13-11-9-6-2/h14-21,23,28H,5-13,22H2,1-4H3. The van der Waals surface area contributed by atoms with E-state index in [2.05, 4.69) is 13.8 Å². The van der Waals surface area contributed by atoms with Gasteiger partial charge in [-0.05, 0) is 67.0 Å². The van der Waals surface area contributed by atoms with Gasteiger partial charge in [0.2, 0.25) is 6.29 Å². The Hall–Kier alpha value is -2.70. The summed E-state index contributed by atoms with van der Waals surface area (Å²) >= 11 is 0. The molecule has 0 amide bonds. The van der Waals surface area contributed by atoms with Crippen LogP contribution in [0.1, 0.15) is 111 Å². The molecule has 0 N–H and O–H groups in total. The van der Waals surface area contributed by atoms with E-state index in [1.807, 2.05) is 38.1 Å². The van der Waals surface area contributed by atoms with Gasteiger partial charge in [0.15, 0.2) is 0 Å². The summed E-state index contributed by atoms with van der Waals surface area (Å²) in [6.45, 7) is 8.39. The zero-order chi connectivity index (χ0) is 26.2. The Morgan fingerprint density at radius 1 is 0.667 bits per heavy atom. The molecule has 6 nitrogen and oxygen atoms in total. The summed E-state index contributed by atoms with van der Waals surface area (Å²) < 4.78 is 0. The minimum atomic E-state index is -1.03. The van der Waals surface area contributed by atoms with E-state index >= 15 is 0 Å². The summed E-state index contributed by atoms with van der Waals surface area (Å²) in [5, 5.41) is 0. The van der Waals surface area contributed by atoms with E-state index in [0.29, 0.717) is 17.5 Å². The smallest absolute Gasteiger partial charge is 0.290 e. The number of carbonyl (C=O) groups is 2. The highest BCUT2D eigenvalue weighted by Crippen LogP contribution is 2.17. The lowest BCUT2D eigenvalue weighted by Crippen LogP contribution is -2.24. The Kier molecular flexibility index (Phi) is 13.8. The van der Waals surface area contributed by atoms with Crippen LogP contribution in [0, 0.1) is 5.92 Å². The average Bonchev–Trinajstić information content (AvgIpc) is 2.90. The molecule has 0 aromatic heterocycles. The highest BCUT2D eigenvalue weighted by Gasteiger charge is 2.22. The van der Waals surface area contributed by atoms with E-state index in [0.717, 1.165) is 32.1 Å². The van der Waals surface area contributed by atoms with Gasteiger partial charge in [-0.2, -0.15) is 0 Å². The molecule has 0 heterocycles. The van der Waals surface area contributed by atoms with Crippen molar-refractivity contribution < 1.29 is 29.1 Å². The highest BCUT2D eigenvalue weighted by atomic mass is 17.3. The van der Waals surface area contributed by atoms with Gasteiger partial charge in [-0.3, -0.25) is 9.78 Å². The zero-order valence-corrected chi connectivity index (χ0v) is 22.3. The van der Waals surface area contributed by atoms with Crippen LogP contribution in [0.25, 0.3) is 0 Å². The number of carbonyl (C=O) groups excluding carboxylic acids is 2. The molecule has 0 aliphatic heterocycles. The van der Waals surface area contributed by atoms with Crippen molar-refractivity contribution in [3.63, 3.8) is 0 Å². The van der Waals surface area contributed by atoms with Crippen molar-refractivity contribution in [3.8, 4) is 0 Å². The van der Waals surface area contributed by atoms with Crippen LogP contribution < -0.4 is 0 Å². The van der Waals surface area contributed by atoms with E-state index < -0.39 is 18.2 Å². The number of aryl methyl sites for hydroxylation is 2. The molecule has 2 aromatic rings. The third kappa shape index (κ3) is 10.9. The molecule has 1 unspecified atom stereocenters. The minimum absolute atomic E-state index is 0.206. The number of hydrogen-bond donors (Lipinski definition) is 0. The average molecular weight is 499 g/mol. The van der Waals surface area contributed by atoms with Gasteiger partial charge >= 0.3 is 11.9 Å². The van der Waals surface area contributed by atoms with Gasteiger partial charge < -0.3 is 0 Å². The second kappa shape index (κ2) is 16.9. The van der Waals surface area contributed by atoms with Crippen LogP contribution in [0.2, 0.25) is 0 Å². The molecule has 0 radical (unpaired) electrons. The van der Waals surface area contributed by atoms with Crippen molar-refractivity contribution in [3.05, 3.63) is 70.8 Å². The van der Waals surface area contributed by atoms with Crippen LogP contribution in [0.5, 0.6) is 0 Å². The lowest BCUT2D eigenvalue weighted by molar-refractivity contribution is -0.423. The summed E-state index contributed by atoms with van der Waals surface area (Å²) in [4.78, 5) is 45.4. The van der Waals surface area contributed by atoms with E-state index in [1.54, 1.807) is 24.3 Å². The van der Waals surface area contributed by atoms with E-state index in [4.69, 9.17) is 19.6 Å². The van der Waals surface area contributed by atoms with E-state index in [9.17, 15) is 9.59 Å². The molecule has 0 fully saturated rings. The summed E-state index contributed by atoms with van der Waals surface area (Å²) in [6.07, 6.45) is 9.15. The molecule has 0 bridgehead atoms. The monoisotopic (exact) mass is 498 g/mol. The lowest BCUT2D eigenvalue weighted by Gasteiger charge is -2.18. The van der Waals surface area contributed by atoms with Gasteiger partial charge in [-0.15, -0.1) is 9.78 Å². The van der Waals surface area contributed by atoms with Crippen LogP contribution in [0.15, 0.2) is 48.5 Å². The predicted octanol–water partition coefficient (Wildman–Crippen LogP) is 7.79. The SMILES string of the molecule is CCCCCc1ccc(C(=O)OOC(CC(C)CC)OOC(=O)c2ccc(CCCCC)cc2)cc1. The van der Waals surface area contributed by atoms with Crippen molar-refractivity contribution in [1.29, 1.82) is 0 Å². The normalized spacial score (nSPS) is 11.9. The molecule has 6 heteroatoms. The molecule has 0 aliphatic carbocycles. The van der Waals surface area contributed by atoms with Crippen molar-refractivity contribution in [2.24, 2.45) is 5.92 Å². The summed E-state index contributed by atoms with van der Waals surface area (Å²) in [5.41, 5.74) is 3.12. The number of unbranched alkanes of at least 4 members (excludes halogenated alkanes) is 4. The maximum atomic E-state index is 12.5. The predicted molar refractivity (Wildman–Crippen MR) is 140 cm³/mol. The number of benzene rings is 2. The molecule has 0 aliphatic rings. The maximum Gasteiger partial charge on any atom is 0.373 e. The van der Waals surface area contributed by atoms with Crippen LogP contribution >= 0.6 is 0 Å². The fourth-order valence-electron chi connectivity index (χ4n) is 3.65. The molecule has 0 spiro atoms. The molecule has 1 atom stereocenters. The molecule has 36 heavy (non-hydrogen) atoms. The largest absolute Gasteiger partial charge is 0.373 e. The van der Waals surface area contributed by atoms with Gasteiger partial charge in [0, 0.05) is 6.42 Å². The Morgan fingerprint density at radius 2 is 1.08 bits per heavy atom. The quantitative estimate of drug-likeness (QED) is 0.0959. The highest BCUT2D eigenvalue weighted by molar-refractivity contribution is 5.89. The third-order valence-electron chi connectivity index (χ3n) is 6.27. The Balaban J connectivity index is 1.87. The van der Waals surface area contributed by atoms with Crippen molar-refractivity contribution in [2.45, 2.75) is 98.2 Å². The minimum Gasteiger partial charge on any atom is -0.290 e. The molecule has 2 aromatic carbocycles. The van der Waals surface area contributed by atoms with Gasteiger partial charge in [-0.1, -0.05) is 84.1 Å². The van der Waals surface area contributed by atoms with Gasteiger partial charge in [0.05, 0.1) is 11.1 Å². The maximum absolute atomic E-state index is 12.5. The first-order valence-corrected chi connectivity index (χ1v) is 13.4. The Bertz CT molecular complexity index is 821. The van der Waals surface area contributed by atoms with Crippen LogP contribution in [0.4, 0.5) is 0 Å². The Labute approximate surface area is 216 Å². The third-order valence-corrected chi connectivity index (χ3v) is 6.27. The van der Waals surface area contributed by atoms with Crippen molar-refractivity contribution >= 4 is 11.9 Å². The second-order valence-corrected chi connectivity index (χ2v) is 9.42. The number of hydrogen-bond acceptors (Lipinski definition) is 6. The number of rotatable bonds is 17. The van der Waals surface area contributed by atoms with E-state index in [1.165, 1.54) is 36.8 Å². The van der Waals surface area contributed by atoms with Crippen LogP contribution in [0.3, 0.4) is 0 Å². The molecule has 198 valence electrons. The van der Waals surface area contributed by atoms with Crippen molar-refractivity contribution in [1.82, 2.24) is 0 Å². The van der Waals surface area contributed by atoms with Crippen LogP contribution in [-0.2, 0) is 32.4 Å². The topological polar surface area (TPSA) is 71.1 Å². The van der Waals surface area contributed by atoms with Gasteiger partial charge in [-0.25, -0.2) is 9.59 Å². The molecular weight excluding hydrogens is 456 g/mol. The van der Waals surface area contributed by atoms with Gasteiger partial charge in [0.25, 0.3) is 0 Å². The van der Waals surface area contributed by atoms with Crippen LogP contribution in [-0.4, -0.2) is 18.2 Å². The lowest BCUT2D eigenvalue weighted by atomic mass is 10.1. The second-order valence-electron chi connectivity index (χ2n) is 9.42. The van der Waals surface area contributed by atoms with E-state index in [-0.39, 0.29) is 5.92 Å². The fraction of sp³-hybridized carbons (Fsp3) is 0.533. The first-order chi connectivity index (χ1) is 17.5. The summed E-state index contributed by atoms with van der Waals surface area (Å²) in [5.74, 6) is -1.05. The first-order valence-electron chi connectivity index (χ1n) is 13.4. The molecule has 2 rings (SSSR count). The summed E-state index contributed by atoms with van der Waals surface area (Å²) in [6, 6.07) is 14.6. The zero-order valence-electron chi connectivity index (χ0n) is 22.3. The molecule has 0 saturated heterocycles. The fourth-order valence-corrected chi connectivity index (χ4v) is 3.65.